The van der Waals surface area contributed by atoms with Gasteiger partial charge in [0, 0.05) is 17.9 Å². The molecule has 5 rings (SSSR count). The van der Waals surface area contributed by atoms with Crippen molar-refractivity contribution in [2.24, 2.45) is 0 Å². The van der Waals surface area contributed by atoms with Gasteiger partial charge in [-0.25, -0.2) is 0 Å². The molecule has 9 nitrogen and oxygen atoms in total. The van der Waals surface area contributed by atoms with E-state index in [-0.39, 0.29) is 11.8 Å². The van der Waals surface area contributed by atoms with Crippen molar-refractivity contribution in [3.05, 3.63) is 72.2 Å². The van der Waals surface area contributed by atoms with Gasteiger partial charge in [0.25, 0.3) is 0 Å². The first kappa shape index (κ1) is 18.0. The molecule has 1 atom stereocenters. The van der Waals surface area contributed by atoms with Crippen LogP contribution in [0.1, 0.15) is 29.2 Å². The molecule has 0 radical (unpaired) electrons. The molecule has 150 valence electrons. The van der Waals surface area contributed by atoms with Gasteiger partial charge in [-0.05, 0) is 36.8 Å². The van der Waals surface area contributed by atoms with Crippen LogP contribution in [0.4, 0.5) is 5.82 Å². The summed E-state index contributed by atoms with van der Waals surface area (Å²) in [7, 11) is 0. The van der Waals surface area contributed by atoms with Crippen LogP contribution in [-0.4, -0.2) is 42.1 Å². The molecule has 1 aliphatic heterocycles. The van der Waals surface area contributed by atoms with Crippen molar-refractivity contribution in [2.45, 2.75) is 19.3 Å². The van der Waals surface area contributed by atoms with Crippen molar-refractivity contribution in [3.63, 3.8) is 0 Å². The third kappa shape index (κ3) is 3.00. The highest BCUT2D eigenvalue weighted by atomic mass is 16.5. The quantitative estimate of drug-likeness (QED) is 0.516. The molecule has 1 N–H and O–H groups in total. The van der Waals surface area contributed by atoms with Crippen molar-refractivity contribution >= 4 is 17.4 Å². The number of hydrogen-bond donors (Lipinski definition) is 1. The van der Waals surface area contributed by atoms with Crippen LogP contribution in [0, 0.1) is 6.92 Å². The maximum atomic E-state index is 12.5. The smallest absolute Gasteiger partial charge is 0.226 e. The zero-order valence-corrected chi connectivity index (χ0v) is 16.3. The van der Waals surface area contributed by atoms with Gasteiger partial charge in [0.2, 0.25) is 5.91 Å². The van der Waals surface area contributed by atoms with Gasteiger partial charge in [0.05, 0.1) is 5.69 Å². The minimum atomic E-state index is -0.102. The number of hydrogen-bond acceptors (Lipinski definition) is 6. The van der Waals surface area contributed by atoms with Crippen LogP contribution in [0.2, 0.25) is 0 Å². The number of aromatic nitrogens is 6. The van der Waals surface area contributed by atoms with Crippen molar-refractivity contribution in [1.82, 2.24) is 29.6 Å². The summed E-state index contributed by atoms with van der Waals surface area (Å²) in [5.41, 5.74) is 3.49. The predicted molar refractivity (Wildman–Crippen MR) is 110 cm³/mol. The van der Waals surface area contributed by atoms with E-state index in [1.54, 1.807) is 21.3 Å². The molecular weight excluding hydrogens is 382 g/mol. The number of fused-ring (bicyclic) bond motifs is 2. The first-order valence-corrected chi connectivity index (χ1v) is 9.54. The summed E-state index contributed by atoms with van der Waals surface area (Å²) in [5.74, 6) is 1.81. The van der Waals surface area contributed by atoms with Crippen LogP contribution in [0.5, 0.6) is 5.75 Å². The molecule has 1 aromatic carbocycles. The number of nitrogens with one attached hydrogen (secondary N) is 1. The lowest BCUT2D eigenvalue weighted by atomic mass is 9.86. The molecule has 4 heterocycles. The topological polar surface area (TPSA) is 99.2 Å². The summed E-state index contributed by atoms with van der Waals surface area (Å²) in [6.07, 6.45) is 3.58. The highest BCUT2D eigenvalue weighted by Gasteiger charge is 2.33. The SMILES string of the molecule is C=CCOc1ccc([C@H]2CC(=O)Nc3c2c(C)nn3-c2ccc3nncn3n2)cc1. The summed E-state index contributed by atoms with van der Waals surface area (Å²) in [6.45, 7) is 6.05. The average Bonchev–Trinajstić information content (AvgIpc) is 3.36. The molecule has 0 fully saturated rings. The van der Waals surface area contributed by atoms with Gasteiger partial charge in [-0.3, -0.25) is 4.79 Å². The number of rotatable bonds is 5. The lowest BCUT2D eigenvalue weighted by Crippen LogP contribution is -2.25. The Morgan fingerprint density at radius 1 is 1.23 bits per heavy atom. The zero-order valence-electron chi connectivity index (χ0n) is 16.3. The minimum Gasteiger partial charge on any atom is -0.490 e. The minimum absolute atomic E-state index is 0.0639. The highest BCUT2D eigenvalue weighted by molar-refractivity contribution is 5.95. The van der Waals surface area contributed by atoms with E-state index in [1.165, 1.54) is 6.33 Å². The molecule has 30 heavy (non-hydrogen) atoms. The van der Waals surface area contributed by atoms with Crippen molar-refractivity contribution < 1.29 is 9.53 Å². The van der Waals surface area contributed by atoms with Crippen LogP contribution in [0.25, 0.3) is 11.5 Å². The van der Waals surface area contributed by atoms with Crippen LogP contribution in [-0.2, 0) is 4.79 Å². The van der Waals surface area contributed by atoms with E-state index in [9.17, 15) is 4.79 Å². The lowest BCUT2D eigenvalue weighted by molar-refractivity contribution is -0.116. The Balaban J connectivity index is 1.56. The van der Waals surface area contributed by atoms with E-state index in [1.807, 2.05) is 37.3 Å². The maximum Gasteiger partial charge on any atom is 0.226 e. The Labute approximate surface area is 172 Å². The van der Waals surface area contributed by atoms with E-state index in [2.05, 4.69) is 32.3 Å². The molecule has 0 bridgehead atoms. The molecule has 0 saturated carbocycles. The molecule has 4 aromatic rings. The molecule has 9 heteroatoms. The van der Waals surface area contributed by atoms with Crippen LogP contribution < -0.4 is 10.1 Å². The van der Waals surface area contributed by atoms with Gasteiger partial charge < -0.3 is 10.1 Å². The summed E-state index contributed by atoms with van der Waals surface area (Å²) in [6, 6.07) is 11.4. The molecule has 1 amide bonds. The molecule has 0 unspecified atom stereocenters. The van der Waals surface area contributed by atoms with Crippen LogP contribution >= 0.6 is 0 Å². The third-order valence-electron chi connectivity index (χ3n) is 5.12. The maximum absolute atomic E-state index is 12.5. The molecule has 0 saturated heterocycles. The highest BCUT2D eigenvalue weighted by Crippen LogP contribution is 2.40. The number of amides is 1. The van der Waals surface area contributed by atoms with Gasteiger partial charge in [0.1, 0.15) is 24.5 Å². The van der Waals surface area contributed by atoms with Crippen molar-refractivity contribution in [3.8, 4) is 11.6 Å². The monoisotopic (exact) mass is 401 g/mol. The summed E-state index contributed by atoms with van der Waals surface area (Å²) < 4.78 is 8.80. The van der Waals surface area contributed by atoms with E-state index in [4.69, 9.17) is 4.74 Å². The van der Waals surface area contributed by atoms with E-state index >= 15 is 0 Å². The second-order valence-electron chi connectivity index (χ2n) is 7.06. The van der Waals surface area contributed by atoms with Crippen molar-refractivity contribution in [1.29, 1.82) is 0 Å². The normalized spacial score (nSPS) is 15.6. The fourth-order valence-corrected chi connectivity index (χ4v) is 3.78. The van der Waals surface area contributed by atoms with E-state index < -0.39 is 0 Å². The van der Waals surface area contributed by atoms with Gasteiger partial charge in [-0.2, -0.15) is 14.3 Å². The Bertz CT molecular complexity index is 1260. The Morgan fingerprint density at radius 3 is 2.87 bits per heavy atom. The molecule has 0 spiro atoms. The van der Waals surface area contributed by atoms with Gasteiger partial charge in [0.15, 0.2) is 11.5 Å². The van der Waals surface area contributed by atoms with E-state index in [0.29, 0.717) is 30.3 Å². The molecule has 3 aromatic heterocycles. The van der Waals surface area contributed by atoms with E-state index in [0.717, 1.165) is 22.6 Å². The number of aryl methyl sites for hydroxylation is 1. The number of ether oxygens (including phenoxy) is 1. The second-order valence-corrected chi connectivity index (χ2v) is 7.06. The Kier molecular flexibility index (Phi) is 4.27. The van der Waals surface area contributed by atoms with Gasteiger partial charge >= 0.3 is 0 Å². The predicted octanol–water partition coefficient (Wildman–Crippen LogP) is 2.66. The number of carbonyl (C=O) groups is 1. The number of carbonyl (C=O) groups excluding carboxylic acids is 1. The summed E-state index contributed by atoms with van der Waals surface area (Å²) >= 11 is 0. The Morgan fingerprint density at radius 2 is 2.07 bits per heavy atom. The van der Waals surface area contributed by atoms with Crippen LogP contribution in [0.3, 0.4) is 0 Å². The average molecular weight is 401 g/mol. The summed E-state index contributed by atoms with van der Waals surface area (Å²) in [4.78, 5) is 12.5. The molecule has 1 aliphatic rings. The van der Waals surface area contributed by atoms with Crippen molar-refractivity contribution in [2.75, 3.05) is 11.9 Å². The lowest BCUT2D eigenvalue weighted by Gasteiger charge is -2.24. The fraction of sp³-hybridized carbons (Fsp3) is 0.190. The second kappa shape index (κ2) is 7.11. The number of nitrogens with zero attached hydrogens (tertiary/aromatic N) is 6. The molecule has 0 aliphatic carbocycles. The summed E-state index contributed by atoms with van der Waals surface area (Å²) in [5, 5.41) is 20.0. The Hall–Kier alpha value is -4.01. The number of anilines is 1. The first-order chi connectivity index (χ1) is 14.6. The first-order valence-electron chi connectivity index (χ1n) is 9.54. The van der Waals surface area contributed by atoms with Gasteiger partial charge in [-0.1, -0.05) is 24.8 Å². The zero-order chi connectivity index (χ0) is 20.7. The third-order valence-corrected chi connectivity index (χ3v) is 5.12. The largest absolute Gasteiger partial charge is 0.490 e. The molecular formula is C21H19N7O2. The van der Waals surface area contributed by atoms with Crippen LogP contribution in [0.15, 0.2) is 55.4 Å². The fourth-order valence-electron chi connectivity index (χ4n) is 3.78. The number of benzene rings is 1. The standard InChI is InChI=1S/C21H19N7O2/c1-3-10-30-15-6-4-14(5-7-15)16-11-19(29)23-21-20(16)13(2)25-28(21)18-9-8-17-24-22-12-27(17)26-18/h3-9,12,16H,1,10-11H2,2H3,(H,23,29)/t16-/m1/s1. The van der Waals surface area contributed by atoms with Gasteiger partial charge in [-0.15, -0.1) is 15.3 Å².